The lowest BCUT2D eigenvalue weighted by Gasteiger charge is -2.47. The zero-order chi connectivity index (χ0) is 17.5. The van der Waals surface area contributed by atoms with Crippen LogP contribution in [0, 0.1) is 5.92 Å². The minimum Gasteiger partial charge on any atom is -0.381 e. The Morgan fingerprint density at radius 1 is 1.04 bits per heavy atom. The lowest BCUT2D eigenvalue weighted by Crippen LogP contribution is -2.51. The van der Waals surface area contributed by atoms with Gasteiger partial charge in [0.05, 0.1) is 0 Å². The molecule has 2 atom stereocenters. The molecule has 0 aliphatic carbocycles. The average Bonchev–Trinajstić information content (AvgIpc) is 2.70. The zero-order valence-corrected chi connectivity index (χ0v) is 14.9. The van der Waals surface area contributed by atoms with Gasteiger partial charge >= 0.3 is 0 Å². The van der Waals surface area contributed by atoms with Crippen molar-refractivity contribution in [2.24, 2.45) is 5.92 Å². The number of hydrogen-bond acceptors (Lipinski definition) is 5. The Hall–Kier alpha value is -2.05. The Bertz CT molecular complexity index is 845. The fourth-order valence-corrected chi connectivity index (χ4v) is 5.08. The highest BCUT2D eigenvalue weighted by Gasteiger charge is 2.38. The third-order valence-electron chi connectivity index (χ3n) is 6.20. The van der Waals surface area contributed by atoms with E-state index in [0.29, 0.717) is 17.9 Å². The van der Waals surface area contributed by atoms with Crippen LogP contribution in [0.4, 0.5) is 0 Å². The predicted octanol–water partition coefficient (Wildman–Crippen LogP) is 1.90. The van der Waals surface area contributed by atoms with Gasteiger partial charge in [-0.3, -0.25) is 9.69 Å². The molecular weight excluding hydrogens is 328 g/mol. The molecule has 0 unspecified atom stereocenters. The summed E-state index contributed by atoms with van der Waals surface area (Å²) in [5, 5.41) is 0. The van der Waals surface area contributed by atoms with E-state index in [1.165, 1.54) is 12.1 Å². The zero-order valence-electron chi connectivity index (χ0n) is 14.9. The smallest absolute Gasteiger partial charge is 0.250 e. The van der Waals surface area contributed by atoms with Gasteiger partial charge in [0.25, 0.3) is 5.56 Å². The Kier molecular flexibility index (Phi) is 4.10. The molecule has 2 bridgehead atoms. The molecule has 0 amide bonds. The van der Waals surface area contributed by atoms with E-state index in [4.69, 9.17) is 4.74 Å². The summed E-state index contributed by atoms with van der Waals surface area (Å²) < 4.78 is 7.56. The van der Waals surface area contributed by atoms with Crippen molar-refractivity contribution >= 4 is 0 Å². The summed E-state index contributed by atoms with van der Waals surface area (Å²) in [6.07, 6.45) is 8.66. The van der Waals surface area contributed by atoms with Crippen LogP contribution in [0.15, 0.2) is 35.6 Å². The van der Waals surface area contributed by atoms with Gasteiger partial charge in [-0.2, -0.15) is 0 Å². The van der Waals surface area contributed by atoms with E-state index < -0.39 is 0 Å². The summed E-state index contributed by atoms with van der Waals surface area (Å²) in [6.45, 7) is 4.71. The molecule has 136 valence electrons. The molecule has 3 aliphatic rings. The number of ether oxygens (including phenoxy) is 1. The highest BCUT2D eigenvalue weighted by Crippen LogP contribution is 2.40. The molecular formula is C20H24N4O2. The van der Waals surface area contributed by atoms with Gasteiger partial charge in [-0.05, 0) is 31.2 Å². The maximum Gasteiger partial charge on any atom is 0.250 e. The molecule has 2 saturated heterocycles. The highest BCUT2D eigenvalue weighted by atomic mass is 16.5. The topological polar surface area (TPSA) is 60.2 Å². The number of rotatable bonds is 2. The van der Waals surface area contributed by atoms with E-state index >= 15 is 0 Å². The monoisotopic (exact) mass is 352 g/mol. The summed E-state index contributed by atoms with van der Waals surface area (Å²) in [6, 6.07) is 4.28. The fraction of sp³-hybridized carbons (Fsp3) is 0.550. The van der Waals surface area contributed by atoms with E-state index in [1.807, 2.05) is 23.0 Å². The fourth-order valence-electron chi connectivity index (χ4n) is 5.08. The number of nitrogens with zero attached hydrogens (tertiary/aromatic N) is 4. The molecule has 0 aromatic carbocycles. The molecule has 0 N–H and O–H groups in total. The largest absolute Gasteiger partial charge is 0.381 e. The number of pyridine rings is 1. The van der Waals surface area contributed by atoms with Crippen molar-refractivity contribution in [1.29, 1.82) is 0 Å². The van der Waals surface area contributed by atoms with Crippen LogP contribution in [0.2, 0.25) is 0 Å². The lowest BCUT2D eigenvalue weighted by molar-refractivity contribution is 0.00597. The first-order valence-electron chi connectivity index (χ1n) is 9.60. The van der Waals surface area contributed by atoms with Crippen LogP contribution in [0.25, 0.3) is 11.1 Å². The summed E-state index contributed by atoms with van der Waals surface area (Å²) in [5.74, 6) is 0.957. The first-order chi connectivity index (χ1) is 12.8. The van der Waals surface area contributed by atoms with E-state index in [0.717, 1.165) is 56.8 Å². The van der Waals surface area contributed by atoms with Crippen LogP contribution in [0.5, 0.6) is 0 Å². The standard InChI is InChI=1S/C20H24N4O2/c25-19-2-1-18(16-8-21-13-22-9-16)20-15-7-14(11-24(19)20)10-23(12-15)17-3-5-26-6-4-17/h1-2,8-9,13-15,17H,3-7,10-12H2/t14-,15-/m0/s1. The Labute approximate surface area is 152 Å². The van der Waals surface area contributed by atoms with Gasteiger partial charge in [-0.25, -0.2) is 9.97 Å². The highest BCUT2D eigenvalue weighted by molar-refractivity contribution is 5.65. The molecule has 0 radical (unpaired) electrons. The molecule has 6 nitrogen and oxygen atoms in total. The summed E-state index contributed by atoms with van der Waals surface area (Å²) >= 11 is 0. The second-order valence-electron chi connectivity index (χ2n) is 7.80. The third-order valence-corrected chi connectivity index (χ3v) is 6.20. The lowest BCUT2D eigenvalue weighted by atomic mass is 9.80. The predicted molar refractivity (Wildman–Crippen MR) is 98.0 cm³/mol. The normalized spacial score (nSPS) is 26.5. The minimum atomic E-state index is 0.120. The van der Waals surface area contributed by atoms with Crippen molar-refractivity contribution in [3.8, 4) is 11.1 Å². The van der Waals surface area contributed by atoms with Crippen LogP contribution in [-0.2, 0) is 11.3 Å². The number of likely N-dealkylation sites (tertiary alicyclic amines) is 1. The molecule has 3 aliphatic heterocycles. The van der Waals surface area contributed by atoms with Crippen molar-refractivity contribution in [3.05, 3.63) is 46.9 Å². The van der Waals surface area contributed by atoms with Gasteiger partial charge in [0.1, 0.15) is 6.33 Å². The second kappa shape index (κ2) is 6.59. The van der Waals surface area contributed by atoms with Gasteiger partial charge in [-0.1, -0.05) is 0 Å². The molecule has 2 aromatic rings. The average molecular weight is 352 g/mol. The third kappa shape index (κ3) is 2.77. The van der Waals surface area contributed by atoms with Crippen molar-refractivity contribution < 1.29 is 4.74 Å². The summed E-state index contributed by atoms with van der Waals surface area (Å²) in [5.41, 5.74) is 3.41. The first-order valence-corrected chi connectivity index (χ1v) is 9.60. The molecule has 2 fully saturated rings. The first kappa shape index (κ1) is 16.1. The number of aromatic nitrogens is 3. The van der Waals surface area contributed by atoms with Crippen molar-refractivity contribution in [2.75, 3.05) is 26.3 Å². The van der Waals surface area contributed by atoms with E-state index in [2.05, 4.69) is 14.9 Å². The molecule has 0 saturated carbocycles. The minimum absolute atomic E-state index is 0.120. The van der Waals surface area contributed by atoms with Crippen LogP contribution in [0.3, 0.4) is 0 Å². The van der Waals surface area contributed by atoms with Crippen molar-refractivity contribution in [3.63, 3.8) is 0 Å². The summed E-state index contributed by atoms with van der Waals surface area (Å²) in [7, 11) is 0. The SMILES string of the molecule is O=c1ccc(-c2cncnc2)c2n1C[C@H]1C[C@H]2CN(C2CCOCC2)C1. The molecule has 5 heterocycles. The van der Waals surface area contributed by atoms with E-state index in [9.17, 15) is 4.79 Å². The van der Waals surface area contributed by atoms with Crippen LogP contribution < -0.4 is 5.56 Å². The Balaban J connectivity index is 1.54. The molecule has 6 heteroatoms. The molecule has 0 spiro atoms. The van der Waals surface area contributed by atoms with Crippen molar-refractivity contribution in [1.82, 2.24) is 19.4 Å². The molecule has 26 heavy (non-hydrogen) atoms. The second-order valence-corrected chi connectivity index (χ2v) is 7.80. The molecule has 2 aromatic heterocycles. The number of fused-ring (bicyclic) bond motifs is 4. The van der Waals surface area contributed by atoms with Gasteiger partial charge in [0.15, 0.2) is 0 Å². The van der Waals surface area contributed by atoms with Gasteiger partial charge in [0.2, 0.25) is 0 Å². The van der Waals surface area contributed by atoms with Gasteiger partial charge < -0.3 is 9.30 Å². The summed E-state index contributed by atoms with van der Waals surface area (Å²) in [4.78, 5) is 23.6. The van der Waals surface area contributed by atoms with Gasteiger partial charge in [0, 0.05) is 80.1 Å². The Morgan fingerprint density at radius 2 is 1.85 bits per heavy atom. The number of hydrogen-bond donors (Lipinski definition) is 0. The van der Waals surface area contributed by atoms with Crippen LogP contribution in [-0.4, -0.2) is 51.8 Å². The van der Waals surface area contributed by atoms with Crippen molar-refractivity contribution in [2.45, 2.75) is 37.8 Å². The molecule has 5 rings (SSSR count). The van der Waals surface area contributed by atoms with Crippen LogP contribution in [0.1, 0.15) is 30.9 Å². The van der Waals surface area contributed by atoms with E-state index in [-0.39, 0.29) is 5.56 Å². The number of piperidine rings is 1. The maximum atomic E-state index is 12.6. The quantitative estimate of drug-likeness (QED) is 0.826. The maximum absolute atomic E-state index is 12.6. The Morgan fingerprint density at radius 3 is 2.65 bits per heavy atom. The van der Waals surface area contributed by atoms with Gasteiger partial charge in [-0.15, -0.1) is 0 Å². The van der Waals surface area contributed by atoms with E-state index in [1.54, 1.807) is 12.4 Å². The van der Waals surface area contributed by atoms with Crippen LogP contribution >= 0.6 is 0 Å².